The number of aromatic hydroxyl groups is 1. The van der Waals surface area contributed by atoms with Crippen molar-refractivity contribution in [2.75, 3.05) is 0 Å². The van der Waals surface area contributed by atoms with Gasteiger partial charge >= 0.3 is 0 Å². The van der Waals surface area contributed by atoms with Gasteiger partial charge in [0, 0.05) is 6.04 Å². The quantitative estimate of drug-likeness (QED) is 0.898. The predicted octanol–water partition coefficient (Wildman–Crippen LogP) is 1.86. The number of nitrogens with one attached hydrogen (secondary N) is 1. The van der Waals surface area contributed by atoms with E-state index >= 15 is 0 Å². The van der Waals surface area contributed by atoms with E-state index in [-0.39, 0.29) is 17.5 Å². The van der Waals surface area contributed by atoms with Crippen LogP contribution in [0, 0.1) is 11.7 Å². The summed E-state index contributed by atoms with van der Waals surface area (Å²) in [5.41, 5.74) is 0.396. The van der Waals surface area contributed by atoms with Crippen LogP contribution in [0.3, 0.4) is 0 Å². The molecule has 2 aromatic rings. The second kappa shape index (κ2) is 4.63. The van der Waals surface area contributed by atoms with Crippen LogP contribution >= 0.6 is 0 Å². The average Bonchev–Trinajstić information content (AvgIpc) is 2.94. The Bertz CT molecular complexity index is 668. The lowest BCUT2D eigenvalue weighted by atomic mass is 10.3. The molecule has 0 aliphatic heterocycles. The molecule has 6 heteroatoms. The third kappa shape index (κ3) is 2.36. The number of carbonyl (C=O) groups is 1. The van der Waals surface area contributed by atoms with Crippen molar-refractivity contribution in [3.05, 3.63) is 42.0 Å². The van der Waals surface area contributed by atoms with Gasteiger partial charge in [0.05, 0.1) is 11.9 Å². The number of carbonyl (C=O) groups excluding carboxylic acids is 1. The Kier molecular flexibility index (Phi) is 2.93. The lowest BCUT2D eigenvalue weighted by Crippen LogP contribution is -2.27. The summed E-state index contributed by atoms with van der Waals surface area (Å²) in [5, 5.41) is 16.6. The fourth-order valence-electron chi connectivity index (χ4n) is 2.04. The third-order valence-corrected chi connectivity index (χ3v) is 3.41. The Balaban J connectivity index is 1.85. The van der Waals surface area contributed by atoms with Crippen molar-refractivity contribution in [1.29, 1.82) is 0 Å². The van der Waals surface area contributed by atoms with Crippen molar-refractivity contribution in [3.63, 3.8) is 0 Å². The molecular weight excluding hydrogens is 261 g/mol. The molecule has 1 aromatic carbocycles. The maximum Gasteiger partial charge on any atom is 0.275 e. The molecule has 1 fully saturated rings. The normalized spacial score (nSPS) is 20.7. The molecule has 2 N–H and O–H groups in total. The molecule has 104 valence electrons. The number of aromatic nitrogens is 2. The highest BCUT2D eigenvalue weighted by atomic mass is 19.1. The van der Waals surface area contributed by atoms with Crippen molar-refractivity contribution in [1.82, 2.24) is 15.1 Å². The molecule has 1 saturated carbocycles. The van der Waals surface area contributed by atoms with Gasteiger partial charge in [-0.1, -0.05) is 13.0 Å². The molecule has 5 nitrogen and oxygen atoms in total. The van der Waals surface area contributed by atoms with Gasteiger partial charge < -0.3 is 10.4 Å². The van der Waals surface area contributed by atoms with E-state index in [1.807, 2.05) is 6.92 Å². The van der Waals surface area contributed by atoms with E-state index in [0.717, 1.165) is 6.42 Å². The van der Waals surface area contributed by atoms with Crippen molar-refractivity contribution in [2.24, 2.45) is 5.92 Å². The van der Waals surface area contributed by atoms with Gasteiger partial charge in [-0.05, 0) is 30.5 Å². The number of rotatable bonds is 3. The molecule has 1 aliphatic carbocycles. The number of amides is 1. The monoisotopic (exact) mass is 275 g/mol. The van der Waals surface area contributed by atoms with Crippen LogP contribution in [0.1, 0.15) is 23.8 Å². The summed E-state index contributed by atoms with van der Waals surface area (Å²) >= 11 is 0. The molecule has 0 bridgehead atoms. The van der Waals surface area contributed by atoms with Crippen molar-refractivity contribution >= 4 is 5.91 Å². The van der Waals surface area contributed by atoms with E-state index in [1.54, 1.807) is 6.07 Å². The van der Waals surface area contributed by atoms with Crippen LogP contribution in [0.2, 0.25) is 0 Å². The Hall–Kier alpha value is -2.37. The van der Waals surface area contributed by atoms with Crippen LogP contribution in [0.5, 0.6) is 5.75 Å². The molecule has 20 heavy (non-hydrogen) atoms. The molecule has 0 unspecified atom stereocenters. The van der Waals surface area contributed by atoms with Gasteiger partial charge in [-0.2, -0.15) is 5.10 Å². The fraction of sp³-hybridized carbons (Fsp3) is 0.286. The number of hydrogen-bond acceptors (Lipinski definition) is 3. The number of benzene rings is 1. The molecule has 3 rings (SSSR count). The standard InChI is InChI=1S/C14H14FN3O2/c1-8-5-11(8)16-14(20)13-12(19)7-18(17-13)10-4-2-3-9(15)6-10/h2-4,6-8,11,19H,5H2,1H3,(H,16,20)/t8-,11-/m1/s1. The van der Waals surface area contributed by atoms with Gasteiger partial charge in [0.2, 0.25) is 0 Å². The first-order valence-corrected chi connectivity index (χ1v) is 6.40. The van der Waals surface area contributed by atoms with Crippen LogP contribution in [0.25, 0.3) is 5.69 Å². The van der Waals surface area contributed by atoms with Gasteiger partial charge in [-0.15, -0.1) is 0 Å². The first-order valence-electron chi connectivity index (χ1n) is 6.40. The molecule has 1 aliphatic rings. The summed E-state index contributed by atoms with van der Waals surface area (Å²) in [6, 6.07) is 5.92. The molecule has 1 amide bonds. The van der Waals surface area contributed by atoms with Gasteiger partial charge in [0.1, 0.15) is 5.82 Å². The molecule has 0 spiro atoms. The summed E-state index contributed by atoms with van der Waals surface area (Å²) < 4.78 is 14.4. The minimum atomic E-state index is -0.410. The zero-order valence-corrected chi connectivity index (χ0v) is 10.9. The smallest absolute Gasteiger partial charge is 0.275 e. The highest BCUT2D eigenvalue weighted by Crippen LogP contribution is 2.29. The van der Waals surface area contributed by atoms with E-state index in [0.29, 0.717) is 11.6 Å². The van der Waals surface area contributed by atoms with E-state index in [1.165, 1.54) is 29.1 Å². The average molecular weight is 275 g/mol. The minimum absolute atomic E-state index is 0.0478. The summed E-state index contributed by atoms with van der Waals surface area (Å²) in [6.07, 6.45) is 2.23. The Morgan fingerprint density at radius 2 is 2.30 bits per heavy atom. The van der Waals surface area contributed by atoms with Gasteiger partial charge in [-0.25, -0.2) is 9.07 Å². The van der Waals surface area contributed by atoms with E-state index in [2.05, 4.69) is 10.4 Å². The van der Waals surface area contributed by atoms with E-state index in [9.17, 15) is 14.3 Å². The zero-order chi connectivity index (χ0) is 14.3. The van der Waals surface area contributed by atoms with Gasteiger partial charge in [0.15, 0.2) is 11.4 Å². The van der Waals surface area contributed by atoms with E-state index in [4.69, 9.17) is 0 Å². The SMILES string of the molecule is C[C@@H]1C[C@H]1NC(=O)c1nn(-c2cccc(F)c2)cc1O. The summed E-state index contributed by atoms with van der Waals surface area (Å²) in [4.78, 5) is 12.0. The number of hydrogen-bond donors (Lipinski definition) is 2. The Morgan fingerprint density at radius 3 is 2.95 bits per heavy atom. The lowest BCUT2D eigenvalue weighted by molar-refractivity contribution is 0.0941. The van der Waals surface area contributed by atoms with Crippen LogP contribution in [-0.2, 0) is 0 Å². The lowest BCUT2D eigenvalue weighted by Gasteiger charge is -2.01. The topological polar surface area (TPSA) is 67.2 Å². The largest absolute Gasteiger partial charge is 0.504 e. The second-order valence-electron chi connectivity index (χ2n) is 5.08. The highest BCUT2D eigenvalue weighted by molar-refractivity contribution is 5.95. The second-order valence-corrected chi connectivity index (χ2v) is 5.08. The van der Waals surface area contributed by atoms with Crippen LogP contribution in [-0.4, -0.2) is 26.8 Å². The van der Waals surface area contributed by atoms with Crippen molar-refractivity contribution in [3.8, 4) is 11.4 Å². The fourth-order valence-corrected chi connectivity index (χ4v) is 2.04. The summed E-state index contributed by atoms with van der Waals surface area (Å²) in [6.45, 7) is 2.04. The summed E-state index contributed by atoms with van der Waals surface area (Å²) in [5.74, 6) is -0.575. The molecule has 2 atom stereocenters. The zero-order valence-electron chi connectivity index (χ0n) is 10.9. The predicted molar refractivity (Wildman–Crippen MR) is 70.2 cm³/mol. The maximum atomic E-state index is 13.2. The number of nitrogens with zero attached hydrogens (tertiary/aromatic N) is 2. The number of halogens is 1. The van der Waals surface area contributed by atoms with E-state index < -0.39 is 11.7 Å². The van der Waals surface area contributed by atoms with Crippen molar-refractivity contribution in [2.45, 2.75) is 19.4 Å². The maximum absolute atomic E-state index is 13.2. The minimum Gasteiger partial charge on any atom is -0.504 e. The highest BCUT2D eigenvalue weighted by Gasteiger charge is 2.35. The van der Waals surface area contributed by atoms with Gasteiger partial charge in [-0.3, -0.25) is 4.79 Å². The van der Waals surface area contributed by atoms with Crippen LogP contribution in [0.15, 0.2) is 30.5 Å². The first kappa shape index (κ1) is 12.7. The summed E-state index contributed by atoms with van der Waals surface area (Å²) in [7, 11) is 0. The third-order valence-electron chi connectivity index (χ3n) is 3.41. The van der Waals surface area contributed by atoms with Crippen molar-refractivity contribution < 1.29 is 14.3 Å². The van der Waals surface area contributed by atoms with Crippen LogP contribution in [0.4, 0.5) is 4.39 Å². The van der Waals surface area contributed by atoms with Gasteiger partial charge in [0.25, 0.3) is 5.91 Å². The molecular formula is C14H14FN3O2. The molecule has 0 saturated heterocycles. The first-order chi connectivity index (χ1) is 9.54. The van der Waals surface area contributed by atoms with Crippen LogP contribution < -0.4 is 5.32 Å². The molecule has 0 radical (unpaired) electrons. The Labute approximate surface area is 115 Å². The molecule has 1 aromatic heterocycles. The Morgan fingerprint density at radius 1 is 1.55 bits per heavy atom. The molecule has 1 heterocycles.